The van der Waals surface area contributed by atoms with E-state index in [0.717, 1.165) is 17.9 Å². The van der Waals surface area contributed by atoms with Crippen LogP contribution in [0.15, 0.2) is 6.07 Å². The zero-order chi connectivity index (χ0) is 7.56. The lowest BCUT2D eigenvalue weighted by Gasteiger charge is -1.96. The molecule has 0 aliphatic rings. The highest BCUT2D eigenvalue weighted by atomic mass is 35.5. The quantitative estimate of drug-likeness (QED) is 0.582. The van der Waals surface area contributed by atoms with Crippen molar-refractivity contribution in [2.75, 3.05) is 0 Å². The number of hydrogen-bond donors (Lipinski definition) is 0. The third-order valence-corrected chi connectivity index (χ3v) is 1.42. The van der Waals surface area contributed by atoms with Gasteiger partial charge in [-0.25, -0.2) is 9.97 Å². The maximum atomic E-state index is 5.68. The van der Waals surface area contributed by atoms with E-state index in [1.165, 1.54) is 0 Å². The number of nitrogens with zero attached hydrogens (tertiary/aromatic N) is 2. The van der Waals surface area contributed by atoms with Gasteiger partial charge in [-0.3, -0.25) is 0 Å². The van der Waals surface area contributed by atoms with Crippen LogP contribution in [0.1, 0.15) is 18.4 Å². The van der Waals surface area contributed by atoms with Gasteiger partial charge >= 0.3 is 0 Å². The molecule has 0 N–H and O–H groups in total. The lowest BCUT2D eigenvalue weighted by Crippen LogP contribution is -1.93. The van der Waals surface area contributed by atoms with E-state index in [1.807, 2.05) is 13.8 Å². The van der Waals surface area contributed by atoms with Crippen molar-refractivity contribution in [3.05, 3.63) is 22.7 Å². The minimum absolute atomic E-state index is 0.532. The Morgan fingerprint density at radius 1 is 1.50 bits per heavy atom. The van der Waals surface area contributed by atoms with Crippen LogP contribution in [-0.2, 0) is 6.42 Å². The Hall–Kier alpha value is -0.630. The fourth-order valence-electron chi connectivity index (χ4n) is 0.771. The molecular weight excluding hydrogens is 148 g/mol. The molecule has 3 heteroatoms. The van der Waals surface area contributed by atoms with E-state index < -0.39 is 0 Å². The fraction of sp³-hybridized carbons (Fsp3) is 0.429. The number of aryl methyl sites for hydroxylation is 2. The van der Waals surface area contributed by atoms with Crippen LogP contribution >= 0.6 is 11.6 Å². The largest absolute Gasteiger partial charge is 0.238 e. The van der Waals surface area contributed by atoms with Gasteiger partial charge in [0.05, 0.1) is 0 Å². The number of halogens is 1. The standard InChI is InChI=1S/C7H9ClN2/c1-3-6-4-7(8)10-5(2)9-6/h4H,3H2,1-2H3. The molecule has 0 spiro atoms. The van der Waals surface area contributed by atoms with Crippen molar-refractivity contribution in [1.29, 1.82) is 0 Å². The lowest BCUT2D eigenvalue weighted by molar-refractivity contribution is 0.949. The molecule has 0 amide bonds. The third kappa shape index (κ3) is 1.67. The molecule has 10 heavy (non-hydrogen) atoms. The summed E-state index contributed by atoms with van der Waals surface area (Å²) in [5, 5.41) is 0.532. The monoisotopic (exact) mass is 156 g/mol. The Balaban J connectivity index is 3.06. The van der Waals surface area contributed by atoms with E-state index in [-0.39, 0.29) is 0 Å². The summed E-state index contributed by atoms with van der Waals surface area (Å²) in [5.41, 5.74) is 0.998. The normalized spacial score (nSPS) is 9.90. The van der Waals surface area contributed by atoms with Gasteiger partial charge in [-0.05, 0) is 19.4 Å². The molecule has 0 saturated heterocycles. The average molecular weight is 157 g/mol. The van der Waals surface area contributed by atoms with E-state index in [1.54, 1.807) is 6.07 Å². The Kier molecular flexibility index (Phi) is 2.22. The lowest BCUT2D eigenvalue weighted by atomic mass is 10.3. The molecule has 0 aromatic carbocycles. The van der Waals surface area contributed by atoms with Gasteiger partial charge in [-0.2, -0.15) is 0 Å². The smallest absolute Gasteiger partial charge is 0.133 e. The molecule has 0 saturated carbocycles. The van der Waals surface area contributed by atoms with Gasteiger partial charge in [0, 0.05) is 5.69 Å². The molecule has 1 rings (SSSR count). The second-order valence-corrected chi connectivity index (χ2v) is 2.47. The highest BCUT2D eigenvalue weighted by molar-refractivity contribution is 6.29. The molecule has 1 heterocycles. The van der Waals surface area contributed by atoms with E-state index >= 15 is 0 Å². The summed E-state index contributed by atoms with van der Waals surface area (Å²) in [6, 6.07) is 1.79. The first kappa shape index (κ1) is 7.48. The van der Waals surface area contributed by atoms with Crippen LogP contribution in [0.25, 0.3) is 0 Å². The van der Waals surface area contributed by atoms with Gasteiger partial charge in [0.1, 0.15) is 11.0 Å². The highest BCUT2D eigenvalue weighted by Crippen LogP contribution is 2.06. The minimum Gasteiger partial charge on any atom is -0.238 e. The predicted octanol–water partition coefficient (Wildman–Crippen LogP) is 2.00. The molecule has 0 radical (unpaired) electrons. The van der Waals surface area contributed by atoms with Crippen LogP contribution in [0, 0.1) is 6.92 Å². The summed E-state index contributed by atoms with van der Waals surface area (Å²) < 4.78 is 0. The maximum absolute atomic E-state index is 5.68. The summed E-state index contributed by atoms with van der Waals surface area (Å²) in [5.74, 6) is 0.740. The van der Waals surface area contributed by atoms with Crippen molar-refractivity contribution in [3.8, 4) is 0 Å². The zero-order valence-corrected chi connectivity index (χ0v) is 6.81. The van der Waals surface area contributed by atoms with Crippen LogP contribution < -0.4 is 0 Å². The van der Waals surface area contributed by atoms with Crippen molar-refractivity contribution >= 4 is 11.6 Å². The van der Waals surface area contributed by atoms with Gasteiger partial charge in [0.15, 0.2) is 0 Å². The maximum Gasteiger partial charge on any atom is 0.133 e. The van der Waals surface area contributed by atoms with E-state index in [0.29, 0.717) is 5.15 Å². The Morgan fingerprint density at radius 2 is 2.20 bits per heavy atom. The summed E-state index contributed by atoms with van der Waals surface area (Å²) >= 11 is 5.68. The topological polar surface area (TPSA) is 25.8 Å². The number of aromatic nitrogens is 2. The number of hydrogen-bond acceptors (Lipinski definition) is 2. The molecule has 1 aromatic heterocycles. The molecule has 0 unspecified atom stereocenters. The van der Waals surface area contributed by atoms with Crippen molar-refractivity contribution < 1.29 is 0 Å². The molecule has 0 aliphatic carbocycles. The summed E-state index contributed by atoms with van der Waals surface area (Å²) in [6.07, 6.45) is 0.906. The van der Waals surface area contributed by atoms with Crippen LogP contribution in [-0.4, -0.2) is 9.97 Å². The van der Waals surface area contributed by atoms with E-state index in [2.05, 4.69) is 9.97 Å². The van der Waals surface area contributed by atoms with Crippen LogP contribution in [0.5, 0.6) is 0 Å². The zero-order valence-electron chi connectivity index (χ0n) is 6.06. The Morgan fingerprint density at radius 3 is 2.70 bits per heavy atom. The fourth-order valence-corrected chi connectivity index (χ4v) is 1.02. The van der Waals surface area contributed by atoms with Gasteiger partial charge in [-0.15, -0.1) is 0 Å². The molecular formula is C7H9ClN2. The SMILES string of the molecule is CCc1cc(Cl)nc(C)n1. The van der Waals surface area contributed by atoms with Gasteiger partial charge in [-0.1, -0.05) is 18.5 Å². The number of rotatable bonds is 1. The molecule has 1 aromatic rings. The second-order valence-electron chi connectivity index (χ2n) is 2.08. The predicted molar refractivity (Wildman–Crippen MR) is 41.2 cm³/mol. The molecule has 0 atom stereocenters. The molecule has 0 bridgehead atoms. The molecule has 0 aliphatic heterocycles. The first-order valence-corrected chi connectivity index (χ1v) is 3.60. The van der Waals surface area contributed by atoms with Crippen LogP contribution in [0.4, 0.5) is 0 Å². The van der Waals surface area contributed by atoms with Crippen LogP contribution in [0.2, 0.25) is 5.15 Å². The summed E-state index contributed by atoms with van der Waals surface area (Å²) in [7, 11) is 0. The van der Waals surface area contributed by atoms with Crippen molar-refractivity contribution in [2.45, 2.75) is 20.3 Å². The van der Waals surface area contributed by atoms with Crippen LogP contribution in [0.3, 0.4) is 0 Å². The first-order chi connectivity index (χ1) is 4.72. The average Bonchev–Trinajstić information content (AvgIpc) is 1.85. The highest BCUT2D eigenvalue weighted by Gasteiger charge is 1.95. The molecule has 2 nitrogen and oxygen atoms in total. The van der Waals surface area contributed by atoms with Crippen molar-refractivity contribution in [2.24, 2.45) is 0 Å². The molecule has 0 fully saturated rings. The van der Waals surface area contributed by atoms with E-state index in [9.17, 15) is 0 Å². The molecule has 54 valence electrons. The first-order valence-electron chi connectivity index (χ1n) is 3.22. The minimum atomic E-state index is 0.532. The van der Waals surface area contributed by atoms with Gasteiger partial charge in [0.2, 0.25) is 0 Å². The van der Waals surface area contributed by atoms with Gasteiger partial charge in [0.25, 0.3) is 0 Å². The van der Waals surface area contributed by atoms with Gasteiger partial charge < -0.3 is 0 Å². The summed E-state index contributed by atoms with van der Waals surface area (Å²) in [4.78, 5) is 8.09. The van der Waals surface area contributed by atoms with Crippen molar-refractivity contribution in [3.63, 3.8) is 0 Å². The Labute approximate surface area is 65.3 Å². The Bertz CT molecular complexity index is 215. The summed E-state index contributed by atoms with van der Waals surface area (Å²) in [6.45, 7) is 3.88. The second kappa shape index (κ2) is 2.97. The van der Waals surface area contributed by atoms with Crippen molar-refractivity contribution in [1.82, 2.24) is 9.97 Å². The van der Waals surface area contributed by atoms with E-state index in [4.69, 9.17) is 11.6 Å². The third-order valence-electron chi connectivity index (χ3n) is 1.22.